The molecule has 0 aromatic heterocycles. The number of halogens is 2. The Kier molecular flexibility index (Phi) is 7.24. The molecule has 1 aliphatic rings. The van der Waals surface area contributed by atoms with E-state index in [4.69, 9.17) is 11.6 Å². The summed E-state index contributed by atoms with van der Waals surface area (Å²) in [6, 6.07) is 4.13. The summed E-state index contributed by atoms with van der Waals surface area (Å²) in [5.74, 6) is -0.0606. The summed E-state index contributed by atoms with van der Waals surface area (Å²) < 4.78 is 13.2. The van der Waals surface area contributed by atoms with Crippen LogP contribution >= 0.6 is 11.6 Å². The Labute approximate surface area is 153 Å². The molecule has 1 aromatic carbocycles. The van der Waals surface area contributed by atoms with Crippen LogP contribution in [0.1, 0.15) is 46.0 Å². The Hall–Kier alpha value is -1.62. The zero-order valence-corrected chi connectivity index (χ0v) is 15.5. The first-order valence-electron chi connectivity index (χ1n) is 8.90. The van der Waals surface area contributed by atoms with E-state index in [1.165, 1.54) is 18.2 Å². The van der Waals surface area contributed by atoms with E-state index in [9.17, 15) is 14.0 Å². The van der Waals surface area contributed by atoms with Gasteiger partial charge < -0.3 is 10.6 Å². The maximum absolute atomic E-state index is 13.2. The van der Waals surface area contributed by atoms with E-state index >= 15 is 0 Å². The van der Waals surface area contributed by atoms with Crippen LogP contribution in [0.25, 0.3) is 0 Å². The number of nitrogens with one attached hydrogen (secondary N) is 2. The molecule has 0 saturated heterocycles. The van der Waals surface area contributed by atoms with Crippen molar-refractivity contribution in [2.75, 3.05) is 11.9 Å². The van der Waals surface area contributed by atoms with Gasteiger partial charge in [-0.15, -0.1) is 0 Å². The second-order valence-electron chi connectivity index (χ2n) is 7.14. The number of carbonyl (C=O) groups excluding carboxylic acids is 2. The van der Waals surface area contributed by atoms with Crippen molar-refractivity contribution in [2.24, 2.45) is 17.8 Å². The van der Waals surface area contributed by atoms with E-state index in [0.717, 1.165) is 19.3 Å². The number of anilines is 1. The van der Waals surface area contributed by atoms with E-state index in [-0.39, 0.29) is 28.7 Å². The summed E-state index contributed by atoms with van der Waals surface area (Å²) in [5, 5.41) is 5.76. The Morgan fingerprint density at radius 3 is 2.32 bits per heavy atom. The van der Waals surface area contributed by atoms with E-state index < -0.39 is 5.82 Å². The molecule has 138 valence electrons. The van der Waals surface area contributed by atoms with Crippen molar-refractivity contribution >= 4 is 29.1 Å². The lowest BCUT2D eigenvalue weighted by molar-refractivity contribution is -0.128. The molecule has 1 fully saturated rings. The molecule has 2 amide bonds. The maximum atomic E-state index is 13.2. The van der Waals surface area contributed by atoms with E-state index in [0.29, 0.717) is 31.0 Å². The number of hydrogen-bond donors (Lipinski definition) is 2. The van der Waals surface area contributed by atoms with Gasteiger partial charge in [0, 0.05) is 24.1 Å². The van der Waals surface area contributed by atoms with Crippen LogP contribution in [0, 0.1) is 23.6 Å². The molecule has 1 saturated carbocycles. The second kappa shape index (κ2) is 9.18. The van der Waals surface area contributed by atoms with Gasteiger partial charge in [-0.05, 0) is 56.2 Å². The maximum Gasteiger partial charge on any atom is 0.227 e. The van der Waals surface area contributed by atoms with Gasteiger partial charge in [-0.1, -0.05) is 25.4 Å². The third-order valence-corrected chi connectivity index (χ3v) is 4.97. The Bertz CT molecular complexity index is 613. The van der Waals surface area contributed by atoms with Gasteiger partial charge in [0.05, 0.1) is 5.02 Å². The minimum Gasteiger partial charge on any atom is -0.356 e. The van der Waals surface area contributed by atoms with E-state index in [1.54, 1.807) is 0 Å². The first-order chi connectivity index (χ1) is 11.9. The fourth-order valence-electron chi connectivity index (χ4n) is 3.06. The van der Waals surface area contributed by atoms with Crippen molar-refractivity contribution in [3.05, 3.63) is 29.0 Å². The van der Waals surface area contributed by atoms with Crippen LogP contribution in [-0.4, -0.2) is 18.4 Å². The van der Waals surface area contributed by atoms with Crippen molar-refractivity contribution in [1.29, 1.82) is 0 Å². The SMILES string of the molecule is CC(C)CCNC(=O)C1CCC(C(=O)Nc2ccc(F)c(Cl)c2)CC1. The predicted molar refractivity (Wildman–Crippen MR) is 98.0 cm³/mol. The highest BCUT2D eigenvalue weighted by Crippen LogP contribution is 2.30. The number of benzene rings is 1. The molecule has 0 heterocycles. The molecule has 0 radical (unpaired) electrons. The first-order valence-corrected chi connectivity index (χ1v) is 9.28. The van der Waals surface area contributed by atoms with Gasteiger partial charge in [0.2, 0.25) is 11.8 Å². The minimum absolute atomic E-state index is 0.00326. The van der Waals surface area contributed by atoms with Crippen LogP contribution in [-0.2, 0) is 9.59 Å². The monoisotopic (exact) mass is 368 g/mol. The average molecular weight is 369 g/mol. The summed E-state index contributed by atoms with van der Waals surface area (Å²) >= 11 is 5.73. The highest BCUT2D eigenvalue weighted by atomic mass is 35.5. The predicted octanol–water partition coefficient (Wildman–Crippen LogP) is 4.39. The first kappa shape index (κ1) is 19.7. The van der Waals surface area contributed by atoms with Gasteiger partial charge in [0.15, 0.2) is 0 Å². The lowest BCUT2D eigenvalue weighted by Gasteiger charge is -2.27. The van der Waals surface area contributed by atoms with Gasteiger partial charge >= 0.3 is 0 Å². The van der Waals surface area contributed by atoms with Crippen LogP contribution in [0.3, 0.4) is 0 Å². The number of hydrogen-bond acceptors (Lipinski definition) is 2. The fourth-order valence-corrected chi connectivity index (χ4v) is 3.24. The average Bonchev–Trinajstić information content (AvgIpc) is 2.58. The molecule has 0 aliphatic heterocycles. The Morgan fingerprint density at radius 1 is 1.16 bits per heavy atom. The molecule has 1 aliphatic carbocycles. The van der Waals surface area contributed by atoms with Gasteiger partial charge in [0.1, 0.15) is 5.82 Å². The molecule has 0 atom stereocenters. The Morgan fingerprint density at radius 2 is 1.76 bits per heavy atom. The number of carbonyl (C=O) groups is 2. The quantitative estimate of drug-likeness (QED) is 0.782. The van der Waals surface area contributed by atoms with Crippen LogP contribution in [0.2, 0.25) is 5.02 Å². The summed E-state index contributed by atoms with van der Waals surface area (Å²) in [6.07, 6.45) is 3.78. The van der Waals surface area contributed by atoms with Crippen molar-refractivity contribution in [3.63, 3.8) is 0 Å². The topological polar surface area (TPSA) is 58.2 Å². The van der Waals surface area contributed by atoms with Crippen molar-refractivity contribution in [2.45, 2.75) is 46.0 Å². The molecule has 0 bridgehead atoms. The minimum atomic E-state index is -0.511. The van der Waals surface area contributed by atoms with Gasteiger partial charge in [-0.25, -0.2) is 4.39 Å². The smallest absolute Gasteiger partial charge is 0.227 e. The highest BCUT2D eigenvalue weighted by Gasteiger charge is 2.29. The third kappa shape index (κ3) is 5.99. The third-order valence-electron chi connectivity index (χ3n) is 4.68. The normalized spacial score (nSPS) is 20.4. The summed E-state index contributed by atoms with van der Waals surface area (Å²) in [4.78, 5) is 24.5. The summed E-state index contributed by atoms with van der Waals surface area (Å²) in [6.45, 7) is 4.97. The molecule has 6 heteroatoms. The van der Waals surface area contributed by atoms with E-state index in [2.05, 4.69) is 24.5 Å². The van der Waals surface area contributed by atoms with Crippen molar-refractivity contribution in [1.82, 2.24) is 5.32 Å². The summed E-state index contributed by atoms with van der Waals surface area (Å²) in [5.41, 5.74) is 0.491. The van der Waals surface area contributed by atoms with Gasteiger partial charge in [0.25, 0.3) is 0 Å². The molecule has 2 N–H and O–H groups in total. The summed E-state index contributed by atoms with van der Waals surface area (Å²) in [7, 11) is 0. The largest absolute Gasteiger partial charge is 0.356 e. The Balaban J connectivity index is 1.78. The van der Waals surface area contributed by atoms with E-state index in [1.807, 2.05) is 0 Å². The molecule has 2 rings (SSSR count). The fraction of sp³-hybridized carbons (Fsp3) is 0.579. The van der Waals surface area contributed by atoms with Crippen LogP contribution in [0.4, 0.5) is 10.1 Å². The second-order valence-corrected chi connectivity index (χ2v) is 7.55. The molecule has 4 nitrogen and oxygen atoms in total. The van der Waals surface area contributed by atoms with Gasteiger partial charge in [-0.2, -0.15) is 0 Å². The zero-order valence-electron chi connectivity index (χ0n) is 14.8. The van der Waals surface area contributed by atoms with Crippen LogP contribution in [0.5, 0.6) is 0 Å². The molecular weight excluding hydrogens is 343 g/mol. The highest BCUT2D eigenvalue weighted by molar-refractivity contribution is 6.31. The number of rotatable bonds is 6. The lowest BCUT2D eigenvalue weighted by Crippen LogP contribution is -2.36. The molecule has 25 heavy (non-hydrogen) atoms. The standard InChI is InChI=1S/C19H26ClFN2O2/c1-12(2)9-10-22-18(24)13-3-5-14(6-4-13)19(25)23-15-7-8-17(21)16(20)11-15/h7-8,11-14H,3-6,9-10H2,1-2H3,(H,22,24)(H,23,25). The van der Waals surface area contributed by atoms with Crippen molar-refractivity contribution in [3.8, 4) is 0 Å². The molecular formula is C19H26ClFN2O2. The zero-order chi connectivity index (χ0) is 18.4. The number of amides is 2. The van der Waals surface area contributed by atoms with Crippen molar-refractivity contribution < 1.29 is 14.0 Å². The lowest BCUT2D eigenvalue weighted by atomic mass is 9.81. The molecule has 1 aromatic rings. The van der Waals surface area contributed by atoms with Crippen LogP contribution in [0.15, 0.2) is 18.2 Å². The van der Waals surface area contributed by atoms with Crippen LogP contribution < -0.4 is 10.6 Å². The van der Waals surface area contributed by atoms with Gasteiger partial charge in [-0.3, -0.25) is 9.59 Å². The molecule has 0 unspecified atom stereocenters. The molecule has 0 spiro atoms.